The summed E-state index contributed by atoms with van der Waals surface area (Å²) < 4.78 is 5.34. The van der Waals surface area contributed by atoms with E-state index >= 15 is 0 Å². The first-order chi connectivity index (χ1) is 13.2. The molecule has 0 bridgehead atoms. The van der Waals surface area contributed by atoms with Gasteiger partial charge in [0.25, 0.3) is 0 Å². The molecule has 0 aliphatic carbocycles. The molecule has 1 saturated heterocycles. The maximum Gasteiger partial charge on any atom is 0.231 e. The Hall–Kier alpha value is -2.33. The lowest BCUT2D eigenvalue weighted by Gasteiger charge is -2.35. The molecule has 0 saturated carbocycles. The van der Waals surface area contributed by atoms with Gasteiger partial charge in [-0.3, -0.25) is 4.79 Å². The smallest absolute Gasteiger partial charge is 0.231 e. The largest absolute Gasteiger partial charge is 0.497 e. The van der Waals surface area contributed by atoms with Crippen LogP contribution in [0.3, 0.4) is 0 Å². The molecule has 4 nitrogen and oxygen atoms in total. The molecule has 2 atom stereocenters. The Bertz CT molecular complexity index is 804. The Balaban J connectivity index is 1.38. The van der Waals surface area contributed by atoms with E-state index in [2.05, 4.69) is 41.3 Å². The van der Waals surface area contributed by atoms with Crippen molar-refractivity contribution in [3.05, 3.63) is 65.2 Å². The summed E-state index contributed by atoms with van der Waals surface area (Å²) in [5.74, 6) is 1.42. The van der Waals surface area contributed by atoms with Crippen molar-refractivity contribution in [3.63, 3.8) is 0 Å². The molecule has 2 heterocycles. The van der Waals surface area contributed by atoms with E-state index in [1.165, 1.54) is 21.6 Å². The van der Waals surface area contributed by atoms with Crippen LogP contribution >= 0.6 is 0 Å². The second kappa shape index (κ2) is 8.13. The molecule has 2 aromatic carbocycles. The Morgan fingerprint density at radius 3 is 2.89 bits per heavy atom. The van der Waals surface area contributed by atoms with Crippen molar-refractivity contribution >= 4 is 5.91 Å². The molecule has 0 spiro atoms. The van der Waals surface area contributed by atoms with E-state index in [1.807, 2.05) is 12.1 Å². The van der Waals surface area contributed by atoms with E-state index in [0.717, 1.165) is 57.7 Å². The number of rotatable bonds is 4. The highest BCUT2D eigenvalue weighted by atomic mass is 16.5. The van der Waals surface area contributed by atoms with Gasteiger partial charge >= 0.3 is 0 Å². The van der Waals surface area contributed by atoms with Gasteiger partial charge in [-0.05, 0) is 42.5 Å². The number of benzene rings is 2. The van der Waals surface area contributed by atoms with Crippen LogP contribution in [0.5, 0.6) is 5.75 Å². The maximum absolute atomic E-state index is 13.2. The minimum atomic E-state index is 0.157. The summed E-state index contributed by atoms with van der Waals surface area (Å²) in [4.78, 5) is 16.7. The fourth-order valence-corrected chi connectivity index (χ4v) is 4.54. The van der Waals surface area contributed by atoms with E-state index in [0.29, 0.717) is 5.91 Å². The summed E-state index contributed by atoms with van der Waals surface area (Å²) in [5.41, 5.74) is 3.99. The number of fused-ring (bicyclic) bond motifs is 1. The predicted octanol–water partition coefficient (Wildman–Crippen LogP) is 2.07. The minimum absolute atomic E-state index is 0.157. The lowest BCUT2D eigenvalue weighted by atomic mass is 9.93. The number of hydrogen-bond donors (Lipinski definition) is 1. The van der Waals surface area contributed by atoms with Gasteiger partial charge in [0.2, 0.25) is 5.91 Å². The van der Waals surface area contributed by atoms with E-state index in [1.54, 1.807) is 7.11 Å². The van der Waals surface area contributed by atoms with Crippen molar-refractivity contribution in [1.82, 2.24) is 4.90 Å². The van der Waals surface area contributed by atoms with Crippen LogP contribution in [0.1, 0.15) is 29.5 Å². The Morgan fingerprint density at radius 2 is 2.04 bits per heavy atom. The molecule has 1 N–H and O–H groups in total. The van der Waals surface area contributed by atoms with E-state index < -0.39 is 0 Å². The molecule has 2 aliphatic heterocycles. The lowest BCUT2D eigenvalue weighted by Crippen LogP contribution is -3.12. The van der Waals surface area contributed by atoms with Crippen molar-refractivity contribution in [3.8, 4) is 5.75 Å². The number of hydrogen-bond acceptors (Lipinski definition) is 2. The quantitative estimate of drug-likeness (QED) is 0.900. The number of amides is 1. The molecule has 4 heteroatoms. The maximum atomic E-state index is 13.2. The van der Waals surface area contributed by atoms with Gasteiger partial charge in [0.15, 0.2) is 0 Å². The lowest BCUT2D eigenvalue weighted by molar-refractivity contribution is -0.921. The molecule has 0 aromatic heterocycles. The second-order valence-electron chi connectivity index (χ2n) is 7.85. The normalized spacial score (nSPS) is 22.2. The average molecular weight is 365 g/mol. The summed E-state index contributed by atoms with van der Waals surface area (Å²) in [5, 5.41) is 0. The molecule has 142 valence electrons. The minimum Gasteiger partial charge on any atom is -0.497 e. The Morgan fingerprint density at radius 1 is 1.19 bits per heavy atom. The third kappa shape index (κ3) is 4.16. The standard InChI is InChI=1S/C23H28N2O2/c1-27-22-10-4-6-18(14-22)15-24-12-5-9-21(16-24)23(26)25-13-11-19-7-2-3-8-20(19)17-25/h2-4,6-8,10,14,21H,5,9,11-13,15-17H2,1H3/p+1/t21-/m1/s1. The first-order valence-electron chi connectivity index (χ1n) is 10.0. The number of piperidine rings is 1. The van der Waals surface area contributed by atoms with Gasteiger partial charge in [-0.1, -0.05) is 36.4 Å². The van der Waals surface area contributed by atoms with Crippen LogP contribution in [0.15, 0.2) is 48.5 Å². The third-order valence-electron chi connectivity index (χ3n) is 6.00. The third-order valence-corrected chi connectivity index (χ3v) is 6.00. The average Bonchev–Trinajstić information content (AvgIpc) is 2.73. The number of likely N-dealkylation sites (tertiary alicyclic amines) is 1. The predicted molar refractivity (Wildman–Crippen MR) is 106 cm³/mol. The van der Waals surface area contributed by atoms with Crippen molar-refractivity contribution in [2.45, 2.75) is 32.4 Å². The Kier molecular flexibility index (Phi) is 5.44. The van der Waals surface area contributed by atoms with Crippen LogP contribution in [-0.2, 0) is 24.3 Å². The van der Waals surface area contributed by atoms with E-state index in [4.69, 9.17) is 4.74 Å². The highest BCUT2D eigenvalue weighted by Gasteiger charge is 2.33. The molecule has 1 unspecified atom stereocenters. The van der Waals surface area contributed by atoms with Gasteiger partial charge in [0.1, 0.15) is 12.3 Å². The van der Waals surface area contributed by atoms with Crippen molar-refractivity contribution in [2.75, 3.05) is 26.7 Å². The summed E-state index contributed by atoms with van der Waals surface area (Å²) in [7, 11) is 1.71. The van der Waals surface area contributed by atoms with E-state index in [9.17, 15) is 4.79 Å². The van der Waals surface area contributed by atoms with Crippen LogP contribution in [0.2, 0.25) is 0 Å². The molecule has 1 fully saturated rings. The fourth-order valence-electron chi connectivity index (χ4n) is 4.54. The van der Waals surface area contributed by atoms with Crippen LogP contribution in [0.25, 0.3) is 0 Å². The topological polar surface area (TPSA) is 34.0 Å². The number of methoxy groups -OCH3 is 1. The van der Waals surface area contributed by atoms with Crippen LogP contribution in [-0.4, -0.2) is 37.6 Å². The highest BCUT2D eigenvalue weighted by molar-refractivity contribution is 5.79. The molecule has 0 radical (unpaired) electrons. The number of nitrogens with zero attached hydrogens (tertiary/aromatic N) is 1. The molecular weight excluding hydrogens is 336 g/mol. The number of ether oxygens (including phenoxy) is 1. The van der Waals surface area contributed by atoms with Gasteiger partial charge < -0.3 is 14.5 Å². The summed E-state index contributed by atoms with van der Waals surface area (Å²) in [6.45, 7) is 4.68. The zero-order valence-electron chi connectivity index (χ0n) is 16.1. The van der Waals surface area contributed by atoms with Crippen LogP contribution < -0.4 is 9.64 Å². The van der Waals surface area contributed by atoms with Gasteiger partial charge in [0.05, 0.1) is 26.1 Å². The SMILES string of the molecule is COc1cccc(C[NH+]2CCC[C@@H](C(=O)N3CCc4ccccc4C3)C2)c1. The molecule has 4 rings (SSSR count). The highest BCUT2D eigenvalue weighted by Crippen LogP contribution is 2.22. The van der Waals surface area contributed by atoms with Gasteiger partial charge in [-0.15, -0.1) is 0 Å². The fraction of sp³-hybridized carbons (Fsp3) is 0.435. The van der Waals surface area contributed by atoms with Crippen LogP contribution in [0, 0.1) is 5.92 Å². The number of carbonyl (C=O) groups excluding carboxylic acids is 1. The number of carbonyl (C=O) groups is 1. The monoisotopic (exact) mass is 365 g/mol. The van der Waals surface area contributed by atoms with E-state index in [-0.39, 0.29) is 5.92 Å². The van der Waals surface area contributed by atoms with Crippen molar-refractivity contribution in [2.24, 2.45) is 5.92 Å². The Labute approximate surface area is 161 Å². The second-order valence-corrected chi connectivity index (χ2v) is 7.85. The molecule has 2 aromatic rings. The van der Waals surface area contributed by atoms with Crippen molar-refractivity contribution < 1.29 is 14.4 Å². The van der Waals surface area contributed by atoms with Crippen LogP contribution in [0.4, 0.5) is 0 Å². The molecule has 1 amide bonds. The number of quaternary nitrogens is 1. The molecule has 2 aliphatic rings. The van der Waals surface area contributed by atoms with Gasteiger partial charge in [0, 0.05) is 18.7 Å². The summed E-state index contributed by atoms with van der Waals surface area (Å²) in [6.07, 6.45) is 3.13. The first-order valence-corrected chi connectivity index (χ1v) is 10.0. The molecule has 27 heavy (non-hydrogen) atoms. The zero-order chi connectivity index (χ0) is 18.6. The van der Waals surface area contributed by atoms with Crippen molar-refractivity contribution in [1.29, 1.82) is 0 Å². The van der Waals surface area contributed by atoms with Gasteiger partial charge in [-0.2, -0.15) is 0 Å². The summed E-state index contributed by atoms with van der Waals surface area (Å²) in [6, 6.07) is 16.8. The summed E-state index contributed by atoms with van der Waals surface area (Å²) >= 11 is 0. The number of nitrogens with one attached hydrogen (secondary N) is 1. The zero-order valence-corrected chi connectivity index (χ0v) is 16.1. The first kappa shape index (κ1) is 18.1. The van der Waals surface area contributed by atoms with Gasteiger partial charge in [-0.25, -0.2) is 0 Å². The molecular formula is C23H29N2O2+.